The van der Waals surface area contributed by atoms with Crippen LogP contribution in [0.5, 0.6) is 0 Å². The van der Waals surface area contributed by atoms with Crippen LogP contribution in [0.3, 0.4) is 0 Å². The zero-order valence-electron chi connectivity index (χ0n) is 14.5. The van der Waals surface area contributed by atoms with Gasteiger partial charge in [0.15, 0.2) is 5.16 Å². The Bertz CT molecular complexity index is 651. The summed E-state index contributed by atoms with van der Waals surface area (Å²) < 4.78 is 1.66. The molecule has 0 aliphatic carbocycles. The first kappa shape index (κ1) is 19.3. The average Bonchev–Trinajstić information content (AvgIpc) is 2.89. The summed E-state index contributed by atoms with van der Waals surface area (Å²) in [5.41, 5.74) is 0.144. The number of aliphatic hydroxyl groups is 1. The predicted octanol–water partition coefficient (Wildman–Crippen LogP) is 4.41. The van der Waals surface area contributed by atoms with E-state index >= 15 is 0 Å². The Balaban J connectivity index is 1.94. The summed E-state index contributed by atoms with van der Waals surface area (Å²) in [6, 6.07) is 7.95. The van der Waals surface area contributed by atoms with E-state index in [0.717, 1.165) is 24.3 Å². The third-order valence-electron chi connectivity index (χ3n) is 4.62. The number of rotatable bonds is 7. The van der Waals surface area contributed by atoms with Gasteiger partial charge in [-0.2, -0.15) is 5.10 Å². The van der Waals surface area contributed by atoms with Crippen molar-refractivity contribution in [3.05, 3.63) is 41.2 Å². The second-order valence-corrected chi connectivity index (χ2v) is 8.17. The highest BCUT2D eigenvalue weighted by atomic mass is 35.5. The van der Waals surface area contributed by atoms with Gasteiger partial charge in [0, 0.05) is 5.02 Å². The first-order chi connectivity index (χ1) is 11.2. The Hall–Kier alpha value is -1.04. The van der Waals surface area contributed by atoms with Gasteiger partial charge >= 0.3 is 0 Å². The highest BCUT2D eigenvalue weighted by Crippen LogP contribution is 2.36. The molecule has 2 aromatic rings. The summed E-state index contributed by atoms with van der Waals surface area (Å²) in [6.07, 6.45) is 5.11. The summed E-state index contributed by atoms with van der Waals surface area (Å²) in [5, 5.41) is 16.7. The molecule has 1 unspecified atom stereocenters. The number of aryl methyl sites for hydroxylation is 1. The van der Waals surface area contributed by atoms with Gasteiger partial charge in [0.1, 0.15) is 6.33 Å². The van der Waals surface area contributed by atoms with Gasteiger partial charge in [-0.15, -0.1) is 12.6 Å². The standard InChI is InChI=1S/C18H26ClN3OS/c1-17(2,3)18(23,12-22-16(24)20-13-21-22)11-5-4-6-14-7-9-15(19)10-8-14/h7-10,13,23H,4-6,11-12H2,1-3H3,(H,20,21,24). The van der Waals surface area contributed by atoms with Crippen molar-refractivity contribution >= 4 is 24.2 Å². The Kier molecular flexibility index (Phi) is 6.34. The van der Waals surface area contributed by atoms with E-state index in [1.165, 1.54) is 11.9 Å². The van der Waals surface area contributed by atoms with Crippen molar-refractivity contribution in [3.8, 4) is 0 Å². The third kappa shape index (κ3) is 4.98. The topological polar surface area (TPSA) is 50.9 Å². The molecule has 0 radical (unpaired) electrons. The summed E-state index contributed by atoms with van der Waals surface area (Å²) in [4.78, 5) is 4.02. The van der Waals surface area contributed by atoms with Crippen LogP contribution in [0.2, 0.25) is 5.02 Å². The molecule has 0 fully saturated rings. The lowest BCUT2D eigenvalue weighted by atomic mass is 9.73. The Morgan fingerprint density at radius 2 is 1.83 bits per heavy atom. The minimum absolute atomic E-state index is 0.264. The lowest BCUT2D eigenvalue weighted by Gasteiger charge is -2.40. The molecule has 0 saturated carbocycles. The molecule has 1 N–H and O–H groups in total. The van der Waals surface area contributed by atoms with Crippen molar-refractivity contribution in [2.24, 2.45) is 5.41 Å². The molecule has 1 aromatic carbocycles. The van der Waals surface area contributed by atoms with Gasteiger partial charge < -0.3 is 5.11 Å². The fraction of sp³-hybridized carbons (Fsp3) is 0.556. The molecular formula is C18H26ClN3OS. The van der Waals surface area contributed by atoms with E-state index in [9.17, 15) is 5.11 Å². The van der Waals surface area contributed by atoms with Crippen molar-refractivity contribution in [1.29, 1.82) is 0 Å². The molecule has 0 amide bonds. The summed E-state index contributed by atoms with van der Waals surface area (Å²) in [6.45, 7) is 6.57. The van der Waals surface area contributed by atoms with E-state index in [-0.39, 0.29) is 5.41 Å². The molecule has 6 heteroatoms. The zero-order chi connectivity index (χ0) is 17.8. The molecule has 0 spiro atoms. The molecule has 132 valence electrons. The second kappa shape index (κ2) is 7.89. The molecule has 1 aromatic heterocycles. The summed E-state index contributed by atoms with van der Waals surface area (Å²) in [7, 11) is 0. The van der Waals surface area contributed by atoms with Gasteiger partial charge in [-0.25, -0.2) is 9.67 Å². The van der Waals surface area contributed by atoms with Crippen LogP contribution in [0.15, 0.2) is 35.7 Å². The number of hydrogen-bond donors (Lipinski definition) is 2. The average molecular weight is 368 g/mol. The number of nitrogens with zero attached hydrogens (tertiary/aromatic N) is 3. The van der Waals surface area contributed by atoms with E-state index < -0.39 is 5.60 Å². The number of aromatic nitrogens is 3. The van der Waals surface area contributed by atoms with Crippen LogP contribution < -0.4 is 0 Å². The number of thiol groups is 1. The number of unbranched alkanes of at least 4 members (excludes halogenated alkanes) is 1. The van der Waals surface area contributed by atoms with Gasteiger partial charge in [0.05, 0.1) is 12.1 Å². The summed E-state index contributed by atoms with van der Waals surface area (Å²) in [5.74, 6) is 0. The van der Waals surface area contributed by atoms with E-state index in [4.69, 9.17) is 11.6 Å². The molecule has 1 heterocycles. The monoisotopic (exact) mass is 367 g/mol. The molecule has 24 heavy (non-hydrogen) atoms. The molecule has 1 atom stereocenters. The first-order valence-corrected chi connectivity index (χ1v) is 9.07. The molecule has 0 aliphatic heterocycles. The van der Waals surface area contributed by atoms with Crippen LogP contribution in [0.1, 0.15) is 45.6 Å². The van der Waals surface area contributed by atoms with Crippen molar-refractivity contribution in [3.63, 3.8) is 0 Å². The van der Waals surface area contributed by atoms with Crippen LogP contribution in [0.4, 0.5) is 0 Å². The smallest absolute Gasteiger partial charge is 0.183 e. The molecule has 0 saturated heterocycles. The maximum atomic E-state index is 11.2. The molecule has 0 aliphatic rings. The maximum absolute atomic E-state index is 11.2. The van der Waals surface area contributed by atoms with Crippen LogP contribution >= 0.6 is 24.2 Å². The van der Waals surface area contributed by atoms with Crippen LogP contribution in [-0.4, -0.2) is 25.5 Å². The Morgan fingerprint density at radius 1 is 1.17 bits per heavy atom. The number of hydrogen-bond acceptors (Lipinski definition) is 4. The summed E-state index contributed by atoms with van der Waals surface area (Å²) >= 11 is 10.2. The van der Waals surface area contributed by atoms with E-state index in [1.807, 2.05) is 12.1 Å². The van der Waals surface area contributed by atoms with Crippen molar-refractivity contribution in [1.82, 2.24) is 14.8 Å². The molecule has 4 nitrogen and oxygen atoms in total. The normalized spacial score (nSPS) is 14.6. The highest BCUT2D eigenvalue weighted by molar-refractivity contribution is 7.80. The Labute approximate surface area is 154 Å². The zero-order valence-corrected chi connectivity index (χ0v) is 16.2. The quantitative estimate of drug-likeness (QED) is 0.563. The number of halogens is 1. The van der Waals surface area contributed by atoms with Gasteiger partial charge in [-0.3, -0.25) is 0 Å². The van der Waals surface area contributed by atoms with Crippen LogP contribution in [0, 0.1) is 5.41 Å². The van der Waals surface area contributed by atoms with Crippen molar-refractivity contribution in [2.45, 2.75) is 63.8 Å². The lowest BCUT2D eigenvalue weighted by Crippen LogP contribution is -2.46. The fourth-order valence-electron chi connectivity index (χ4n) is 2.71. The van der Waals surface area contributed by atoms with Crippen molar-refractivity contribution in [2.75, 3.05) is 0 Å². The van der Waals surface area contributed by atoms with Gasteiger partial charge in [-0.1, -0.05) is 50.9 Å². The molecule has 0 bridgehead atoms. The van der Waals surface area contributed by atoms with Crippen LogP contribution in [0.25, 0.3) is 0 Å². The minimum atomic E-state index is -0.863. The molecular weight excluding hydrogens is 342 g/mol. The fourth-order valence-corrected chi connectivity index (χ4v) is 3.01. The highest BCUT2D eigenvalue weighted by Gasteiger charge is 2.40. The SMILES string of the molecule is CC(C)(C)C(O)(CCCCc1ccc(Cl)cc1)Cn1ncnc1S. The minimum Gasteiger partial charge on any atom is -0.387 e. The van der Waals surface area contributed by atoms with E-state index in [0.29, 0.717) is 18.1 Å². The largest absolute Gasteiger partial charge is 0.387 e. The van der Waals surface area contributed by atoms with Gasteiger partial charge in [0.2, 0.25) is 0 Å². The van der Waals surface area contributed by atoms with E-state index in [2.05, 4.69) is 55.6 Å². The predicted molar refractivity (Wildman–Crippen MR) is 101 cm³/mol. The van der Waals surface area contributed by atoms with E-state index in [1.54, 1.807) is 4.68 Å². The third-order valence-corrected chi connectivity index (χ3v) is 5.22. The first-order valence-electron chi connectivity index (χ1n) is 8.25. The van der Waals surface area contributed by atoms with Crippen molar-refractivity contribution < 1.29 is 5.11 Å². The second-order valence-electron chi connectivity index (χ2n) is 7.33. The van der Waals surface area contributed by atoms with Gasteiger partial charge in [-0.05, 0) is 42.4 Å². The van der Waals surface area contributed by atoms with Crippen LogP contribution in [-0.2, 0) is 13.0 Å². The maximum Gasteiger partial charge on any atom is 0.183 e. The molecule has 2 rings (SSSR count). The number of benzene rings is 1. The van der Waals surface area contributed by atoms with Gasteiger partial charge in [0.25, 0.3) is 0 Å². The Morgan fingerprint density at radius 3 is 2.38 bits per heavy atom. The lowest BCUT2D eigenvalue weighted by molar-refractivity contribution is -0.0829.